The van der Waals surface area contributed by atoms with Crippen molar-refractivity contribution in [3.8, 4) is 0 Å². The molecule has 2 aliphatic rings. The van der Waals surface area contributed by atoms with Gasteiger partial charge in [0.2, 0.25) is 0 Å². The van der Waals surface area contributed by atoms with Crippen LogP contribution in [-0.2, 0) is 0 Å². The molecule has 0 spiro atoms. The number of halogens is 3. The monoisotopic (exact) mass is 236 g/mol. The summed E-state index contributed by atoms with van der Waals surface area (Å²) in [5.41, 5.74) is 0. The average Bonchev–Trinajstić information content (AvgIpc) is 2.14. The summed E-state index contributed by atoms with van der Waals surface area (Å²) in [7, 11) is 2.05. The summed E-state index contributed by atoms with van der Waals surface area (Å²) in [4.78, 5) is 2.27. The zero-order valence-corrected chi connectivity index (χ0v) is 9.56. The molecule has 5 heteroatoms. The standard InChI is InChI=1S/C11H19F3N2/c1-16(10-6-15-7-10)9-4-2-8(3-5-9)11(12,13)14/h8-10,15H,2-7H2,1H3. The maximum atomic E-state index is 12.5. The number of rotatable bonds is 2. The van der Waals surface area contributed by atoms with Crippen LogP contribution in [0.5, 0.6) is 0 Å². The van der Waals surface area contributed by atoms with Crippen LogP contribution in [0.25, 0.3) is 0 Å². The normalized spacial score (nSPS) is 32.8. The molecular formula is C11H19F3N2. The van der Waals surface area contributed by atoms with Crippen molar-refractivity contribution in [1.29, 1.82) is 0 Å². The fraction of sp³-hybridized carbons (Fsp3) is 1.00. The van der Waals surface area contributed by atoms with Crippen molar-refractivity contribution in [3.63, 3.8) is 0 Å². The first-order valence-electron chi connectivity index (χ1n) is 5.98. The summed E-state index contributed by atoms with van der Waals surface area (Å²) in [5, 5.41) is 3.19. The van der Waals surface area contributed by atoms with Crippen molar-refractivity contribution >= 4 is 0 Å². The van der Waals surface area contributed by atoms with Gasteiger partial charge in [-0.1, -0.05) is 0 Å². The van der Waals surface area contributed by atoms with E-state index in [2.05, 4.69) is 10.2 Å². The highest BCUT2D eigenvalue weighted by molar-refractivity contribution is 4.89. The topological polar surface area (TPSA) is 15.3 Å². The van der Waals surface area contributed by atoms with Crippen molar-refractivity contribution in [3.05, 3.63) is 0 Å². The molecule has 0 aromatic rings. The van der Waals surface area contributed by atoms with Crippen LogP contribution in [0.15, 0.2) is 0 Å². The van der Waals surface area contributed by atoms with Crippen molar-refractivity contribution < 1.29 is 13.2 Å². The van der Waals surface area contributed by atoms with Gasteiger partial charge >= 0.3 is 6.18 Å². The average molecular weight is 236 g/mol. The van der Waals surface area contributed by atoms with Crippen molar-refractivity contribution in [1.82, 2.24) is 10.2 Å². The Morgan fingerprint density at radius 3 is 1.94 bits per heavy atom. The lowest BCUT2D eigenvalue weighted by atomic mass is 9.84. The number of likely N-dealkylation sites (N-methyl/N-ethyl adjacent to an activating group) is 1. The van der Waals surface area contributed by atoms with Crippen LogP contribution >= 0.6 is 0 Å². The lowest BCUT2D eigenvalue weighted by Crippen LogP contribution is -2.59. The van der Waals surface area contributed by atoms with Crippen molar-refractivity contribution in [2.24, 2.45) is 5.92 Å². The third kappa shape index (κ3) is 2.51. The summed E-state index contributed by atoms with van der Waals surface area (Å²) in [6.07, 6.45) is -1.99. The molecule has 0 aromatic heterocycles. The first-order valence-corrected chi connectivity index (χ1v) is 5.98. The number of hydrogen-bond acceptors (Lipinski definition) is 2. The van der Waals surface area contributed by atoms with Crippen molar-refractivity contribution in [2.45, 2.75) is 43.9 Å². The summed E-state index contributed by atoms with van der Waals surface area (Å²) in [5.74, 6) is -1.06. The number of nitrogens with one attached hydrogen (secondary N) is 1. The second-order valence-corrected chi connectivity index (χ2v) is 5.02. The summed E-state index contributed by atoms with van der Waals surface area (Å²) in [6.45, 7) is 1.96. The molecular weight excluding hydrogens is 217 g/mol. The molecule has 0 atom stereocenters. The maximum absolute atomic E-state index is 12.5. The van der Waals surface area contributed by atoms with Crippen LogP contribution in [0.2, 0.25) is 0 Å². The van der Waals surface area contributed by atoms with Gasteiger partial charge in [0.05, 0.1) is 5.92 Å². The van der Waals surface area contributed by atoms with E-state index >= 15 is 0 Å². The Balaban J connectivity index is 1.80. The highest BCUT2D eigenvalue weighted by Crippen LogP contribution is 2.38. The molecule has 2 nitrogen and oxygen atoms in total. The van der Waals surface area contributed by atoms with Gasteiger partial charge in [0.1, 0.15) is 0 Å². The van der Waals surface area contributed by atoms with Gasteiger partial charge < -0.3 is 5.32 Å². The van der Waals surface area contributed by atoms with Crippen molar-refractivity contribution in [2.75, 3.05) is 20.1 Å². The van der Waals surface area contributed by atoms with Gasteiger partial charge in [0.15, 0.2) is 0 Å². The van der Waals surface area contributed by atoms with Gasteiger partial charge in [-0.15, -0.1) is 0 Å². The number of nitrogens with zero attached hydrogens (tertiary/aromatic N) is 1. The zero-order valence-electron chi connectivity index (χ0n) is 9.56. The Morgan fingerprint density at radius 2 is 1.56 bits per heavy atom. The van der Waals surface area contributed by atoms with E-state index < -0.39 is 12.1 Å². The highest BCUT2D eigenvalue weighted by atomic mass is 19.4. The van der Waals surface area contributed by atoms with E-state index in [-0.39, 0.29) is 0 Å². The molecule has 0 amide bonds. The largest absolute Gasteiger partial charge is 0.391 e. The van der Waals surface area contributed by atoms with E-state index in [4.69, 9.17) is 0 Å². The minimum atomic E-state index is -3.98. The molecule has 1 saturated heterocycles. The molecule has 1 N–H and O–H groups in total. The molecule has 0 aromatic carbocycles. The molecule has 1 aliphatic heterocycles. The van der Waals surface area contributed by atoms with Crippen LogP contribution in [0.1, 0.15) is 25.7 Å². The van der Waals surface area contributed by atoms with E-state index in [0.29, 0.717) is 37.8 Å². The SMILES string of the molecule is CN(C1CCC(C(F)(F)F)CC1)C1CNC1. The Hall–Kier alpha value is -0.290. The quantitative estimate of drug-likeness (QED) is 0.789. The Morgan fingerprint density at radius 1 is 1.00 bits per heavy atom. The van der Waals surface area contributed by atoms with E-state index in [1.807, 2.05) is 7.05 Å². The minimum Gasteiger partial charge on any atom is -0.314 e. The van der Waals surface area contributed by atoms with Gasteiger partial charge in [-0.25, -0.2) is 0 Å². The first kappa shape index (κ1) is 12.2. The summed E-state index contributed by atoms with van der Waals surface area (Å²) < 4.78 is 37.4. The molecule has 0 bridgehead atoms. The molecule has 1 saturated carbocycles. The third-order valence-corrected chi connectivity index (χ3v) is 4.07. The summed E-state index contributed by atoms with van der Waals surface area (Å²) in [6, 6.07) is 0.887. The Kier molecular flexibility index (Phi) is 3.45. The predicted molar refractivity (Wildman–Crippen MR) is 56.2 cm³/mol. The fourth-order valence-corrected chi connectivity index (χ4v) is 2.67. The predicted octanol–water partition coefficient (Wildman–Crippen LogP) is 2.01. The van der Waals surface area contributed by atoms with Gasteiger partial charge in [-0.05, 0) is 32.7 Å². The molecule has 16 heavy (non-hydrogen) atoms. The van der Waals surface area contributed by atoms with Crippen LogP contribution in [-0.4, -0.2) is 43.3 Å². The second kappa shape index (κ2) is 4.53. The minimum absolute atomic E-state index is 0.304. The first-order chi connectivity index (χ1) is 7.48. The van der Waals surface area contributed by atoms with Crippen LogP contribution in [0.4, 0.5) is 13.2 Å². The van der Waals surface area contributed by atoms with Crippen LogP contribution in [0.3, 0.4) is 0 Å². The Bertz CT molecular complexity index is 230. The van der Waals surface area contributed by atoms with Gasteiger partial charge in [0, 0.05) is 25.2 Å². The molecule has 0 unspecified atom stereocenters. The molecule has 2 rings (SSSR count). The zero-order chi connectivity index (χ0) is 11.8. The smallest absolute Gasteiger partial charge is 0.314 e. The lowest BCUT2D eigenvalue weighted by molar-refractivity contribution is -0.184. The maximum Gasteiger partial charge on any atom is 0.391 e. The van der Waals surface area contributed by atoms with Gasteiger partial charge in [0.25, 0.3) is 0 Å². The third-order valence-electron chi connectivity index (χ3n) is 4.07. The molecule has 94 valence electrons. The lowest BCUT2D eigenvalue weighted by Gasteiger charge is -2.43. The molecule has 0 radical (unpaired) electrons. The molecule has 1 heterocycles. The van der Waals surface area contributed by atoms with E-state index in [0.717, 1.165) is 13.1 Å². The fourth-order valence-electron chi connectivity index (χ4n) is 2.67. The highest BCUT2D eigenvalue weighted by Gasteiger charge is 2.42. The van der Waals surface area contributed by atoms with Crippen LogP contribution < -0.4 is 5.32 Å². The van der Waals surface area contributed by atoms with Crippen LogP contribution in [0, 0.1) is 5.92 Å². The van der Waals surface area contributed by atoms with Gasteiger partial charge in [-0.3, -0.25) is 4.90 Å². The molecule has 1 aliphatic carbocycles. The summed E-state index contributed by atoms with van der Waals surface area (Å²) >= 11 is 0. The second-order valence-electron chi connectivity index (χ2n) is 5.02. The Labute approximate surface area is 94.2 Å². The van der Waals surface area contributed by atoms with E-state index in [1.54, 1.807) is 0 Å². The van der Waals surface area contributed by atoms with E-state index in [9.17, 15) is 13.2 Å². The van der Waals surface area contributed by atoms with Gasteiger partial charge in [-0.2, -0.15) is 13.2 Å². The number of hydrogen-bond donors (Lipinski definition) is 1. The van der Waals surface area contributed by atoms with E-state index in [1.165, 1.54) is 0 Å². The molecule has 2 fully saturated rings. The number of alkyl halides is 3.